The highest BCUT2D eigenvalue weighted by molar-refractivity contribution is 6.01. The van der Waals surface area contributed by atoms with Crippen LogP contribution in [0.2, 0.25) is 0 Å². The second-order valence-corrected chi connectivity index (χ2v) is 6.48. The topological polar surface area (TPSA) is 69.6 Å². The molecule has 2 amide bonds. The second kappa shape index (κ2) is 4.76. The van der Waals surface area contributed by atoms with Crippen molar-refractivity contribution in [1.29, 1.82) is 0 Å². The summed E-state index contributed by atoms with van der Waals surface area (Å²) in [6.45, 7) is 4.00. The third kappa shape index (κ3) is 2.48. The Hall–Kier alpha value is -2.04. The SMILES string of the molecule is CC(C)(NC(=O)N1c2ccccc2C[C@H]1C(=O)O)C1CC1. The predicted molar refractivity (Wildman–Crippen MR) is 79.4 cm³/mol. The van der Waals surface area contributed by atoms with Crippen molar-refractivity contribution in [2.24, 2.45) is 5.92 Å². The van der Waals surface area contributed by atoms with Crippen LogP contribution in [-0.2, 0) is 11.2 Å². The first-order valence-corrected chi connectivity index (χ1v) is 7.32. The summed E-state index contributed by atoms with van der Waals surface area (Å²) in [6, 6.07) is 6.25. The Labute approximate surface area is 123 Å². The number of carbonyl (C=O) groups is 2. The maximum atomic E-state index is 12.6. The fraction of sp³-hybridized carbons (Fsp3) is 0.500. The van der Waals surface area contributed by atoms with E-state index in [1.807, 2.05) is 38.1 Å². The first-order valence-electron chi connectivity index (χ1n) is 7.32. The molecule has 0 bridgehead atoms. The Kier molecular flexibility index (Phi) is 3.15. The Balaban J connectivity index is 1.87. The van der Waals surface area contributed by atoms with E-state index in [4.69, 9.17) is 0 Å². The maximum Gasteiger partial charge on any atom is 0.327 e. The van der Waals surface area contributed by atoms with Crippen molar-refractivity contribution < 1.29 is 14.7 Å². The molecule has 0 saturated heterocycles. The van der Waals surface area contributed by atoms with Gasteiger partial charge in [-0.25, -0.2) is 9.59 Å². The maximum absolute atomic E-state index is 12.6. The highest BCUT2D eigenvalue weighted by atomic mass is 16.4. The minimum atomic E-state index is -0.967. The summed E-state index contributed by atoms with van der Waals surface area (Å²) in [6.07, 6.45) is 2.60. The van der Waals surface area contributed by atoms with E-state index in [0.29, 0.717) is 18.0 Å². The third-order valence-corrected chi connectivity index (χ3v) is 4.51. The van der Waals surface area contributed by atoms with Gasteiger partial charge in [-0.3, -0.25) is 4.90 Å². The van der Waals surface area contributed by atoms with Crippen LogP contribution in [0, 0.1) is 5.92 Å². The number of rotatable bonds is 3. The smallest absolute Gasteiger partial charge is 0.327 e. The fourth-order valence-corrected chi connectivity index (χ4v) is 3.08. The van der Waals surface area contributed by atoms with Crippen LogP contribution in [0.3, 0.4) is 0 Å². The summed E-state index contributed by atoms with van der Waals surface area (Å²) in [4.78, 5) is 25.5. The molecule has 1 fully saturated rings. The highest BCUT2D eigenvalue weighted by Crippen LogP contribution is 2.40. The van der Waals surface area contributed by atoms with Gasteiger partial charge in [-0.1, -0.05) is 18.2 Å². The van der Waals surface area contributed by atoms with Crippen LogP contribution >= 0.6 is 0 Å². The molecule has 3 rings (SSSR count). The van der Waals surface area contributed by atoms with Gasteiger partial charge in [0.2, 0.25) is 0 Å². The first-order chi connectivity index (χ1) is 9.90. The molecule has 0 aromatic heterocycles. The van der Waals surface area contributed by atoms with Gasteiger partial charge in [0.25, 0.3) is 0 Å². The monoisotopic (exact) mass is 288 g/mol. The van der Waals surface area contributed by atoms with E-state index in [1.54, 1.807) is 0 Å². The number of para-hydroxylation sites is 1. The van der Waals surface area contributed by atoms with Crippen molar-refractivity contribution in [2.75, 3.05) is 4.90 Å². The van der Waals surface area contributed by atoms with E-state index in [0.717, 1.165) is 18.4 Å². The summed E-state index contributed by atoms with van der Waals surface area (Å²) in [7, 11) is 0. The van der Waals surface area contributed by atoms with Crippen LogP contribution in [-0.4, -0.2) is 28.7 Å². The molecule has 2 N–H and O–H groups in total. The van der Waals surface area contributed by atoms with Gasteiger partial charge in [0.1, 0.15) is 6.04 Å². The van der Waals surface area contributed by atoms with Crippen LogP contribution in [0.15, 0.2) is 24.3 Å². The van der Waals surface area contributed by atoms with Gasteiger partial charge in [-0.15, -0.1) is 0 Å². The number of anilines is 1. The van der Waals surface area contributed by atoms with Crippen molar-refractivity contribution in [1.82, 2.24) is 5.32 Å². The molecule has 1 aromatic carbocycles. The molecule has 21 heavy (non-hydrogen) atoms. The van der Waals surface area contributed by atoms with Crippen molar-refractivity contribution >= 4 is 17.7 Å². The quantitative estimate of drug-likeness (QED) is 0.897. The molecule has 1 aromatic rings. The van der Waals surface area contributed by atoms with Crippen LogP contribution in [0.4, 0.5) is 10.5 Å². The van der Waals surface area contributed by atoms with Gasteiger partial charge < -0.3 is 10.4 Å². The van der Waals surface area contributed by atoms with Crippen molar-refractivity contribution in [3.05, 3.63) is 29.8 Å². The lowest BCUT2D eigenvalue weighted by Crippen LogP contribution is -2.54. The van der Waals surface area contributed by atoms with Gasteiger partial charge in [-0.05, 0) is 44.2 Å². The van der Waals surface area contributed by atoms with Crippen LogP contribution in [0.25, 0.3) is 0 Å². The molecule has 0 spiro atoms. The third-order valence-electron chi connectivity index (χ3n) is 4.51. The predicted octanol–water partition coefficient (Wildman–Crippen LogP) is 2.40. The number of hydrogen-bond acceptors (Lipinski definition) is 2. The zero-order valence-corrected chi connectivity index (χ0v) is 12.3. The minimum absolute atomic E-state index is 0.294. The van der Waals surface area contributed by atoms with Crippen molar-refractivity contribution in [3.63, 3.8) is 0 Å². The molecule has 5 heteroatoms. The number of nitrogens with zero attached hydrogens (tertiary/aromatic N) is 1. The van der Waals surface area contributed by atoms with E-state index in [1.165, 1.54) is 4.90 Å². The lowest BCUT2D eigenvalue weighted by Gasteiger charge is -2.31. The van der Waals surface area contributed by atoms with Crippen LogP contribution in [0.1, 0.15) is 32.3 Å². The molecule has 2 aliphatic rings. The number of aliphatic carboxylic acids is 1. The number of carbonyl (C=O) groups excluding carboxylic acids is 1. The molecule has 1 saturated carbocycles. The summed E-state index contributed by atoms with van der Waals surface area (Å²) < 4.78 is 0. The minimum Gasteiger partial charge on any atom is -0.480 e. The molecule has 1 heterocycles. The lowest BCUT2D eigenvalue weighted by molar-refractivity contribution is -0.138. The largest absolute Gasteiger partial charge is 0.480 e. The Morgan fingerprint density at radius 2 is 1.95 bits per heavy atom. The molecule has 1 atom stereocenters. The zero-order valence-electron chi connectivity index (χ0n) is 12.3. The summed E-state index contributed by atoms with van der Waals surface area (Å²) in [5.74, 6) is -0.479. The molecule has 1 aliphatic heterocycles. The van der Waals surface area contributed by atoms with E-state index >= 15 is 0 Å². The van der Waals surface area contributed by atoms with Gasteiger partial charge in [-0.2, -0.15) is 0 Å². The van der Waals surface area contributed by atoms with E-state index in [-0.39, 0.29) is 11.6 Å². The van der Waals surface area contributed by atoms with E-state index in [9.17, 15) is 14.7 Å². The van der Waals surface area contributed by atoms with E-state index < -0.39 is 12.0 Å². The lowest BCUT2D eigenvalue weighted by atomic mass is 9.99. The standard InChI is InChI=1S/C16H20N2O3/c1-16(2,11-7-8-11)17-15(21)18-12-6-4-3-5-10(12)9-13(18)14(19)20/h3-6,11,13H,7-9H2,1-2H3,(H,17,21)(H,19,20)/t13-/m0/s1. The van der Waals surface area contributed by atoms with Gasteiger partial charge >= 0.3 is 12.0 Å². The number of benzene rings is 1. The number of carboxylic acids is 1. The number of amides is 2. The van der Waals surface area contributed by atoms with Gasteiger partial charge in [0, 0.05) is 17.6 Å². The molecule has 0 radical (unpaired) electrons. The average molecular weight is 288 g/mol. The second-order valence-electron chi connectivity index (χ2n) is 6.48. The van der Waals surface area contributed by atoms with E-state index in [2.05, 4.69) is 5.32 Å². The van der Waals surface area contributed by atoms with Gasteiger partial charge in [0.05, 0.1) is 0 Å². The number of carboxylic acid groups (broad SMARTS) is 1. The average Bonchev–Trinajstić information content (AvgIpc) is 3.18. The van der Waals surface area contributed by atoms with Gasteiger partial charge in [0.15, 0.2) is 0 Å². The molecular weight excluding hydrogens is 268 g/mol. The first kappa shape index (κ1) is 13.9. The molecule has 5 nitrogen and oxygen atoms in total. The van der Waals surface area contributed by atoms with Crippen LogP contribution < -0.4 is 10.2 Å². The normalized spacial score (nSPS) is 21.0. The number of fused-ring (bicyclic) bond motifs is 1. The van der Waals surface area contributed by atoms with Crippen molar-refractivity contribution in [3.8, 4) is 0 Å². The molecule has 0 unspecified atom stereocenters. The number of urea groups is 1. The molecular formula is C16H20N2O3. The van der Waals surface area contributed by atoms with Crippen molar-refractivity contribution in [2.45, 2.75) is 44.7 Å². The molecule has 112 valence electrons. The summed E-state index contributed by atoms with van der Waals surface area (Å²) in [5.41, 5.74) is 1.32. The Morgan fingerprint density at radius 3 is 2.57 bits per heavy atom. The Bertz CT molecular complexity index is 593. The number of nitrogens with one attached hydrogen (secondary N) is 1. The fourth-order valence-electron chi connectivity index (χ4n) is 3.08. The summed E-state index contributed by atoms with van der Waals surface area (Å²) >= 11 is 0. The summed E-state index contributed by atoms with van der Waals surface area (Å²) in [5, 5.41) is 12.4. The Morgan fingerprint density at radius 1 is 1.29 bits per heavy atom. The highest BCUT2D eigenvalue weighted by Gasteiger charge is 2.43. The number of hydrogen-bond donors (Lipinski definition) is 2. The molecule has 1 aliphatic carbocycles. The van der Waals surface area contributed by atoms with Crippen LogP contribution in [0.5, 0.6) is 0 Å². The zero-order chi connectivity index (χ0) is 15.2.